The standard InChI is InChI=1S/C15H19NO3/c1-4-15(2,3)13(17)16-12(10-19-14(16)18)11-8-6-5-7-9-11/h5-9,12H,4,10H2,1-3H3/t12-/m0/s1. The molecule has 2 amide bonds. The molecule has 0 radical (unpaired) electrons. The molecule has 1 aromatic rings. The maximum Gasteiger partial charge on any atom is 0.417 e. The van der Waals surface area contributed by atoms with Crippen LogP contribution in [0.3, 0.4) is 0 Å². The molecule has 4 heteroatoms. The summed E-state index contributed by atoms with van der Waals surface area (Å²) < 4.78 is 5.06. The largest absolute Gasteiger partial charge is 0.446 e. The van der Waals surface area contributed by atoms with Crippen LogP contribution in [0.1, 0.15) is 38.8 Å². The lowest BCUT2D eigenvalue weighted by Crippen LogP contribution is -2.42. The molecule has 19 heavy (non-hydrogen) atoms. The van der Waals surface area contributed by atoms with E-state index in [4.69, 9.17) is 4.74 Å². The number of amides is 2. The molecule has 4 nitrogen and oxygen atoms in total. The van der Waals surface area contributed by atoms with Crippen molar-refractivity contribution in [3.63, 3.8) is 0 Å². The summed E-state index contributed by atoms with van der Waals surface area (Å²) in [5.74, 6) is -0.175. The van der Waals surface area contributed by atoms with Crippen molar-refractivity contribution in [2.75, 3.05) is 6.61 Å². The van der Waals surface area contributed by atoms with Gasteiger partial charge in [0.25, 0.3) is 0 Å². The number of imide groups is 1. The maximum absolute atomic E-state index is 12.5. The molecule has 2 rings (SSSR count). The Kier molecular flexibility index (Phi) is 3.60. The van der Waals surface area contributed by atoms with E-state index in [2.05, 4.69) is 0 Å². The van der Waals surface area contributed by atoms with E-state index in [0.717, 1.165) is 5.56 Å². The predicted octanol–water partition coefficient (Wildman–Crippen LogP) is 3.14. The minimum Gasteiger partial charge on any atom is -0.446 e. The SMILES string of the molecule is CCC(C)(C)C(=O)N1C(=O)OC[C@H]1c1ccccc1. The molecule has 1 fully saturated rings. The molecule has 0 aliphatic carbocycles. The van der Waals surface area contributed by atoms with E-state index in [0.29, 0.717) is 6.42 Å². The van der Waals surface area contributed by atoms with Gasteiger partial charge in [0.15, 0.2) is 0 Å². The summed E-state index contributed by atoms with van der Waals surface area (Å²) >= 11 is 0. The summed E-state index contributed by atoms with van der Waals surface area (Å²) in [5.41, 5.74) is 0.365. The lowest BCUT2D eigenvalue weighted by atomic mass is 9.88. The third kappa shape index (κ3) is 2.48. The molecule has 0 bridgehead atoms. The molecule has 1 heterocycles. The van der Waals surface area contributed by atoms with Crippen LogP contribution in [0.2, 0.25) is 0 Å². The van der Waals surface area contributed by atoms with Crippen molar-refractivity contribution in [3.05, 3.63) is 35.9 Å². The van der Waals surface area contributed by atoms with Gasteiger partial charge in [-0.15, -0.1) is 0 Å². The van der Waals surface area contributed by atoms with Gasteiger partial charge in [-0.2, -0.15) is 0 Å². The number of hydrogen-bond acceptors (Lipinski definition) is 3. The average molecular weight is 261 g/mol. The molecule has 1 atom stereocenters. The van der Waals surface area contributed by atoms with E-state index in [1.807, 2.05) is 51.1 Å². The van der Waals surface area contributed by atoms with Crippen molar-refractivity contribution in [1.29, 1.82) is 0 Å². The van der Waals surface area contributed by atoms with Gasteiger partial charge in [-0.1, -0.05) is 51.1 Å². The molecule has 0 spiro atoms. The lowest BCUT2D eigenvalue weighted by molar-refractivity contribution is -0.138. The van der Waals surface area contributed by atoms with Gasteiger partial charge in [-0.05, 0) is 12.0 Å². The highest BCUT2D eigenvalue weighted by atomic mass is 16.6. The molecule has 0 saturated carbocycles. The van der Waals surface area contributed by atoms with Crippen LogP contribution < -0.4 is 0 Å². The first-order valence-electron chi connectivity index (χ1n) is 6.52. The van der Waals surface area contributed by atoms with E-state index < -0.39 is 11.5 Å². The Bertz CT molecular complexity index is 481. The van der Waals surface area contributed by atoms with Crippen LogP contribution in [0, 0.1) is 5.41 Å². The average Bonchev–Trinajstić information content (AvgIpc) is 2.80. The third-order valence-corrected chi connectivity index (χ3v) is 3.74. The van der Waals surface area contributed by atoms with Crippen LogP contribution >= 0.6 is 0 Å². The Morgan fingerprint density at radius 1 is 1.37 bits per heavy atom. The molecular weight excluding hydrogens is 242 g/mol. The molecule has 1 saturated heterocycles. The van der Waals surface area contributed by atoms with Gasteiger partial charge in [0.2, 0.25) is 5.91 Å². The van der Waals surface area contributed by atoms with Crippen LogP contribution in [0.4, 0.5) is 4.79 Å². The molecule has 1 aliphatic heterocycles. The Balaban J connectivity index is 2.31. The first-order chi connectivity index (χ1) is 8.97. The van der Waals surface area contributed by atoms with Gasteiger partial charge in [0, 0.05) is 5.41 Å². The summed E-state index contributed by atoms with van der Waals surface area (Å²) in [6, 6.07) is 9.20. The van der Waals surface area contributed by atoms with Crippen LogP contribution in [0.15, 0.2) is 30.3 Å². The number of nitrogens with zero attached hydrogens (tertiary/aromatic N) is 1. The van der Waals surface area contributed by atoms with Crippen molar-refractivity contribution in [2.45, 2.75) is 33.2 Å². The van der Waals surface area contributed by atoms with Crippen molar-refractivity contribution >= 4 is 12.0 Å². The molecular formula is C15H19NO3. The number of cyclic esters (lactones) is 1. The van der Waals surface area contributed by atoms with Crippen LogP contribution in [-0.2, 0) is 9.53 Å². The Hall–Kier alpha value is -1.84. The van der Waals surface area contributed by atoms with E-state index in [-0.39, 0.29) is 18.6 Å². The van der Waals surface area contributed by atoms with Crippen molar-refractivity contribution in [2.24, 2.45) is 5.41 Å². The highest BCUT2D eigenvalue weighted by Gasteiger charge is 2.43. The molecule has 1 aromatic carbocycles. The quantitative estimate of drug-likeness (QED) is 0.839. The first-order valence-corrected chi connectivity index (χ1v) is 6.52. The number of ether oxygens (including phenoxy) is 1. The monoisotopic (exact) mass is 261 g/mol. The highest BCUT2D eigenvalue weighted by molar-refractivity contribution is 5.96. The topological polar surface area (TPSA) is 46.6 Å². The summed E-state index contributed by atoms with van der Waals surface area (Å²) in [6.07, 6.45) is 0.136. The third-order valence-electron chi connectivity index (χ3n) is 3.74. The smallest absolute Gasteiger partial charge is 0.417 e. The van der Waals surface area contributed by atoms with Crippen LogP contribution in [0.5, 0.6) is 0 Å². The zero-order chi connectivity index (χ0) is 14.0. The van der Waals surface area contributed by atoms with Crippen molar-refractivity contribution in [1.82, 2.24) is 4.90 Å². The van der Waals surface area contributed by atoms with E-state index in [9.17, 15) is 9.59 Å². The van der Waals surface area contributed by atoms with E-state index in [1.54, 1.807) is 0 Å². The summed E-state index contributed by atoms with van der Waals surface area (Å²) in [4.78, 5) is 25.6. The van der Waals surface area contributed by atoms with Gasteiger partial charge >= 0.3 is 6.09 Å². The number of hydrogen-bond donors (Lipinski definition) is 0. The second-order valence-corrected chi connectivity index (χ2v) is 5.42. The number of benzene rings is 1. The molecule has 0 unspecified atom stereocenters. The predicted molar refractivity (Wildman–Crippen MR) is 71.4 cm³/mol. The van der Waals surface area contributed by atoms with Gasteiger partial charge in [-0.25, -0.2) is 9.69 Å². The summed E-state index contributed by atoms with van der Waals surface area (Å²) in [7, 11) is 0. The molecule has 0 aromatic heterocycles. The van der Waals surface area contributed by atoms with Crippen molar-refractivity contribution in [3.8, 4) is 0 Å². The summed E-state index contributed by atoms with van der Waals surface area (Å²) in [6.45, 7) is 5.87. The normalized spacial score (nSPS) is 19.4. The minimum atomic E-state index is -0.559. The Labute approximate surface area is 113 Å². The van der Waals surface area contributed by atoms with Crippen LogP contribution in [0.25, 0.3) is 0 Å². The summed E-state index contributed by atoms with van der Waals surface area (Å²) in [5, 5.41) is 0. The fourth-order valence-electron chi connectivity index (χ4n) is 2.04. The van der Waals surface area contributed by atoms with E-state index >= 15 is 0 Å². The van der Waals surface area contributed by atoms with Gasteiger partial charge in [0.1, 0.15) is 12.6 Å². The van der Waals surface area contributed by atoms with Crippen LogP contribution in [-0.4, -0.2) is 23.5 Å². The van der Waals surface area contributed by atoms with Gasteiger partial charge < -0.3 is 4.74 Å². The highest BCUT2D eigenvalue weighted by Crippen LogP contribution is 2.33. The second kappa shape index (κ2) is 5.03. The Morgan fingerprint density at radius 2 is 2.00 bits per heavy atom. The number of rotatable bonds is 3. The van der Waals surface area contributed by atoms with Gasteiger partial charge in [-0.3, -0.25) is 4.79 Å². The fourth-order valence-corrected chi connectivity index (χ4v) is 2.04. The van der Waals surface area contributed by atoms with Crippen molar-refractivity contribution < 1.29 is 14.3 Å². The van der Waals surface area contributed by atoms with E-state index in [1.165, 1.54) is 4.90 Å². The molecule has 1 aliphatic rings. The zero-order valence-corrected chi connectivity index (χ0v) is 11.6. The maximum atomic E-state index is 12.5. The Morgan fingerprint density at radius 3 is 2.58 bits per heavy atom. The molecule has 0 N–H and O–H groups in total. The lowest BCUT2D eigenvalue weighted by Gasteiger charge is -2.29. The van der Waals surface area contributed by atoms with Gasteiger partial charge in [0.05, 0.1) is 0 Å². The number of carbonyl (C=O) groups is 2. The fraction of sp³-hybridized carbons (Fsp3) is 0.467. The molecule has 102 valence electrons. The second-order valence-electron chi connectivity index (χ2n) is 5.42. The number of carbonyl (C=O) groups excluding carboxylic acids is 2. The first kappa shape index (κ1) is 13.6. The zero-order valence-electron chi connectivity index (χ0n) is 11.6. The minimum absolute atomic E-state index is 0.175.